The van der Waals surface area contributed by atoms with Crippen LogP contribution in [0.5, 0.6) is 0 Å². The van der Waals surface area contributed by atoms with E-state index in [9.17, 15) is 0 Å². The predicted octanol–water partition coefficient (Wildman–Crippen LogP) is 2.27. The van der Waals surface area contributed by atoms with Crippen molar-refractivity contribution in [1.29, 1.82) is 0 Å². The van der Waals surface area contributed by atoms with Crippen molar-refractivity contribution >= 4 is 34.8 Å². The summed E-state index contributed by atoms with van der Waals surface area (Å²) >= 11 is 18.2. The van der Waals surface area contributed by atoms with Crippen LogP contribution in [0.2, 0.25) is 0 Å². The fourth-order valence-electron chi connectivity index (χ4n) is 0.309. The van der Waals surface area contributed by atoms with Crippen LogP contribution in [0.4, 0.5) is 0 Å². The molecule has 0 aromatic carbocycles. The van der Waals surface area contributed by atoms with E-state index in [1.807, 2.05) is 0 Å². The minimum absolute atomic E-state index is 0.186. The molecule has 0 aliphatic carbocycles. The van der Waals surface area contributed by atoms with Gasteiger partial charge in [-0.1, -0.05) is 0 Å². The quantitative estimate of drug-likeness (QED) is 0.526. The molecular weight excluding hydrogens is 218 g/mol. The first-order valence-corrected chi connectivity index (χ1v) is 4.43. The van der Waals surface area contributed by atoms with Gasteiger partial charge in [0.1, 0.15) is 0 Å². The van der Waals surface area contributed by atoms with Crippen LogP contribution in [0, 0.1) is 0 Å². The van der Waals surface area contributed by atoms with Crippen molar-refractivity contribution < 1.29 is 24.1 Å². The topological polar surface area (TPSA) is 9.23 Å². The number of rotatable bonds is 4. The fraction of sp³-hybridized carbons (Fsp3) is 1.00. The van der Waals surface area contributed by atoms with Gasteiger partial charge >= 0.3 is 82.2 Å². The normalized spacial score (nSPS) is 17.1. The molecule has 0 rings (SSSR count). The molecule has 0 fully saturated rings. The van der Waals surface area contributed by atoms with Gasteiger partial charge in [0.15, 0.2) is 0 Å². The summed E-state index contributed by atoms with van der Waals surface area (Å²) < 4.78 is 4.74. The van der Waals surface area contributed by atoms with Gasteiger partial charge < -0.3 is 0 Å². The molecule has 1 nitrogen and oxygen atoms in total. The van der Waals surface area contributed by atoms with Gasteiger partial charge in [-0.15, -0.1) is 0 Å². The van der Waals surface area contributed by atoms with E-state index in [0.29, 0.717) is 12.3 Å². The van der Waals surface area contributed by atoms with Crippen molar-refractivity contribution in [3.8, 4) is 0 Å². The van der Waals surface area contributed by atoms with Gasteiger partial charge in [-0.3, -0.25) is 0 Å². The van der Waals surface area contributed by atoms with Gasteiger partial charge in [-0.05, 0) is 0 Å². The molecule has 53 valence electrons. The van der Waals surface area contributed by atoms with Crippen molar-refractivity contribution in [2.24, 2.45) is 0 Å². The molecule has 0 aromatic rings. The van der Waals surface area contributed by atoms with Crippen LogP contribution >= 0.6 is 34.8 Å². The van der Waals surface area contributed by atoms with E-state index in [1.165, 1.54) is 20.8 Å². The fourth-order valence-corrected chi connectivity index (χ4v) is 1.33. The Kier molecular flexibility index (Phi) is 7.34. The zero-order chi connectivity index (χ0) is 7.28. The van der Waals surface area contributed by atoms with E-state index in [0.717, 1.165) is 0 Å². The van der Waals surface area contributed by atoms with Crippen LogP contribution in [0.15, 0.2) is 0 Å². The molecule has 2 unspecified atom stereocenters. The molecule has 0 aliphatic heterocycles. The van der Waals surface area contributed by atoms with Crippen molar-refractivity contribution in [2.75, 3.05) is 5.88 Å². The second-order valence-corrected chi connectivity index (χ2v) is 3.20. The van der Waals surface area contributed by atoms with Crippen LogP contribution < -0.4 is 0 Å². The Bertz CT molecular complexity index is 72.8. The first-order chi connectivity index (χ1) is 4.22. The maximum absolute atomic E-state index is 5.69. The second kappa shape index (κ2) is 6.27. The Hall–Kier alpha value is 1.54. The first-order valence-electron chi connectivity index (χ1n) is 2.39. The third-order valence-electron chi connectivity index (χ3n) is 0.782. The molecule has 0 heterocycles. The molecule has 0 spiro atoms. The molecule has 0 bridgehead atoms. The number of hydrogen-bond donors (Lipinski definition) is 0. The first kappa shape index (κ1) is 10.5. The van der Waals surface area contributed by atoms with Crippen molar-refractivity contribution in [2.45, 2.75) is 17.4 Å². The molecule has 9 heavy (non-hydrogen) atoms. The number of halogens is 3. The zero-order valence-corrected chi connectivity index (χ0v) is 8.44. The van der Waals surface area contributed by atoms with Crippen LogP contribution in [0.25, 0.3) is 0 Å². The average Bonchev–Trinajstić information content (AvgIpc) is 1.87. The average molecular weight is 224 g/mol. The van der Waals surface area contributed by atoms with Crippen molar-refractivity contribution in [1.82, 2.24) is 0 Å². The van der Waals surface area contributed by atoms with Crippen LogP contribution in [0.3, 0.4) is 0 Å². The van der Waals surface area contributed by atoms with Crippen LogP contribution in [-0.2, 0) is 24.1 Å². The summed E-state index contributed by atoms with van der Waals surface area (Å²) in [7, 11) is 0. The van der Waals surface area contributed by atoms with E-state index < -0.39 is 5.56 Å². The van der Waals surface area contributed by atoms with Gasteiger partial charge in [0.25, 0.3) is 0 Å². The number of hydrogen-bond acceptors (Lipinski definition) is 1. The van der Waals surface area contributed by atoms with Gasteiger partial charge in [-0.2, -0.15) is 0 Å². The van der Waals surface area contributed by atoms with Gasteiger partial charge in [-0.25, -0.2) is 0 Å². The summed E-state index contributed by atoms with van der Waals surface area (Å²) in [5, 5.41) is -0.186. The van der Waals surface area contributed by atoms with Gasteiger partial charge in [0, 0.05) is 0 Å². The zero-order valence-electron chi connectivity index (χ0n) is 4.61. The minimum atomic E-state index is -0.426. The summed E-state index contributed by atoms with van der Waals surface area (Å²) in [5.41, 5.74) is -0.426. The molecule has 2 atom stereocenters. The maximum atomic E-state index is 5.69. The van der Waals surface area contributed by atoms with E-state index >= 15 is 0 Å². The van der Waals surface area contributed by atoms with E-state index in [2.05, 4.69) is 0 Å². The summed E-state index contributed by atoms with van der Waals surface area (Å²) in [6.07, 6.45) is 0.672. The van der Waals surface area contributed by atoms with Crippen molar-refractivity contribution in [3.05, 3.63) is 0 Å². The molecule has 0 radical (unpaired) electrons. The van der Waals surface area contributed by atoms with Gasteiger partial charge in [0.2, 0.25) is 0 Å². The summed E-state index contributed by atoms with van der Waals surface area (Å²) in [6, 6.07) is 0. The summed E-state index contributed by atoms with van der Waals surface area (Å²) in [6.45, 7) is 0. The summed E-state index contributed by atoms with van der Waals surface area (Å²) in [5.74, 6) is 0.515. The Morgan fingerprint density at radius 1 is 1.44 bits per heavy atom. The van der Waals surface area contributed by atoms with E-state index in [4.69, 9.17) is 38.1 Å². The number of alkyl halides is 3. The molecule has 0 saturated heterocycles. The molecule has 0 aliphatic rings. The molecule has 0 aromatic heterocycles. The van der Waals surface area contributed by atoms with Crippen LogP contribution in [-0.4, -0.2) is 16.8 Å². The summed E-state index contributed by atoms with van der Waals surface area (Å²) in [4.78, 5) is 0. The van der Waals surface area contributed by atoms with Gasteiger partial charge in [0.05, 0.1) is 0 Å². The standard InChI is InChI=1S/C4H6Cl3O.Ti/c5-2-1-3(6)4(7)8;/h3-4H,1-2H2;/q-1;+1. The predicted molar refractivity (Wildman–Crippen MR) is 35.7 cm³/mol. The van der Waals surface area contributed by atoms with Crippen LogP contribution in [0.1, 0.15) is 6.42 Å². The monoisotopic (exact) mass is 223 g/mol. The molecule has 0 amide bonds. The molecule has 5 heteroatoms. The molecular formula is C4H6Cl3OTi. The SMILES string of the molecule is ClCCC(Cl)C(Cl)[O][Ti]. The Morgan fingerprint density at radius 3 is 2.33 bits per heavy atom. The second-order valence-electron chi connectivity index (χ2n) is 1.46. The Morgan fingerprint density at radius 2 is 2.00 bits per heavy atom. The Labute approximate surface area is 81.9 Å². The Balaban J connectivity index is 3.32. The van der Waals surface area contributed by atoms with Crippen molar-refractivity contribution in [3.63, 3.8) is 0 Å². The third kappa shape index (κ3) is 4.89. The van der Waals surface area contributed by atoms with E-state index in [-0.39, 0.29) is 5.38 Å². The van der Waals surface area contributed by atoms with E-state index in [1.54, 1.807) is 0 Å². The third-order valence-corrected chi connectivity index (χ3v) is 2.60. The molecule has 0 N–H and O–H groups in total. The molecule has 0 saturated carbocycles.